The van der Waals surface area contributed by atoms with Crippen molar-refractivity contribution in [2.24, 2.45) is 0 Å². The highest BCUT2D eigenvalue weighted by atomic mass is 16.5. The van der Waals surface area contributed by atoms with Crippen LogP contribution in [0.3, 0.4) is 0 Å². The number of carbonyl (C=O) groups is 1. The van der Waals surface area contributed by atoms with Gasteiger partial charge in [0, 0.05) is 43.3 Å². The van der Waals surface area contributed by atoms with E-state index in [9.17, 15) is 4.79 Å². The quantitative estimate of drug-likeness (QED) is 0.939. The fraction of sp³-hybridized carbons (Fsp3) is 0.294. The SMILES string of the molecule is O=C(Nc1ccc(CN2CCOCC2)cc1)c1ccncc1. The van der Waals surface area contributed by atoms with Crippen LogP contribution >= 0.6 is 0 Å². The molecule has 1 saturated heterocycles. The third-order valence-electron chi connectivity index (χ3n) is 3.66. The lowest BCUT2D eigenvalue weighted by Crippen LogP contribution is -2.35. The lowest BCUT2D eigenvalue weighted by Gasteiger charge is -2.26. The lowest BCUT2D eigenvalue weighted by molar-refractivity contribution is 0.0342. The van der Waals surface area contributed by atoms with Crippen LogP contribution in [0.5, 0.6) is 0 Å². The third kappa shape index (κ3) is 3.90. The number of aromatic nitrogens is 1. The molecule has 1 fully saturated rings. The first-order chi connectivity index (χ1) is 10.8. The molecule has 0 aliphatic carbocycles. The Morgan fingerprint density at radius 1 is 1.09 bits per heavy atom. The number of ether oxygens (including phenoxy) is 1. The summed E-state index contributed by atoms with van der Waals surface area (Å²) in [5.41, 5.74) is 2.64. The monoisotopic (exact) mass is 297 g/mol. The Balaban J connectivity index is 1.58. The summed E-state index contributed by atoms with van der Waals surface area (Å²) < 4.78 is 5.35. The van der Waals surface area contributed by atoms with Crippen molar-refractivity contribution in [3.8, 4) is 0 Å². The van der Waals surface area contributed by atoms with Gasteiger partial charge in [0.25, 0.3) is 5.91 Å². The summed E-state index contributed by atoms with van der Waals surface area (Å²) in [4.78, 5) is 18.3. The Kier molecular flexibility index (Phi) is 4.78. The highest BCUT2D eigenvalue weighted by Gasteiger charge is 2.11. The molecule has 0 bridgehead atoms. The van der Waals surface area contributed by atoms with Crippen LogP contribution in [-0.2, 0) is 11.3 Å². The summed E-state index contributed by atoms with van der Waals surface area (Å²) in [7, 11) is 0. The average molecular weight is 297 g/mol. The number of morpholine rings is 1. The standard InChI is InChI=1S/C17H19N3O2/c21-17(15-5-7-18-8-6-15)19-16-3-1-14(2-4-16)13-20-9-11-22-12-10-20/h1-8H,9-13H2,(H,19,21). The van der Waals surface area contributed by atoms with Gasteiger partial charge >= 0.3 is 0 Å². The highest BCUT2D eigenvalue weighted by molar-refractivity contribution is 6.04. The van der Waals surface area contributed by atoms with Gasteiger partial charge in [-0.1, -0.05) is 12.1 Å². The van der Waals surface area contributed by atoms with Crippen molar-refractivity contribution in [2.45, 2.75) is 6.54 Å². The van der Waals surface area contributed by atoms with Crippen molar-refractivity contribution in [1.82, 2.24) is 9.88 Å². The number of amides is 1. The summed E-state index contributed by atoms with van der Waals surface area (Å²) in [6, 6.07) is 11.4. The maximum Gasteiger partial charge on any atom is 0.255 e. The minimum absolute atomic E-state index is 0.122. The zero-order chi connectivity index (χ0) is 15.2. The molecule has 5 heteroatoms. The summed E-state index contributed by atoms with van der Waals surface area (Å²) in [5.74, 6) is -0.122. The van der Waals surface area contributed by atoms with Gasteiger partial charge in [-0.05, 0) is 29.8 Å². The number of carbonyl (C=O) groups excluding carboxylic acids is 1. The van der Waals surface area contributed by atoms with Crippen molar-refractivity contribution in [3.05, 3.63) is 59.9 Å². The second kappa shape index (κ2) is 7.15. The number of nitrogens with zero attached hydrogens (tertiary/aromatic N) is 2. The molecule has 114 valence electrons. The first kappa shape index (κ1) is 14.7. The Labute approximate surface area is 129 Å². The molecule has 1 N–H and O–H groups in total. The van der Waals surface area contributed by atoms with Gasteiger partial charge in [-0.3, -0.25) is 14.7 Å². The number of hydrogen-bond acceptors (Lipinski definition) is 4. The molecule has 1 aliphatic rings. The summed E-state index contributed by atoms with van der Waals surface area (Å²) >= 11 is 0. The second-order valence-corrected chi connectivity index (χ2v) is 5.28. The molecule has 3 rings (SSSR count). The average Bonchev–Trinajstić information content (AvgIpc) is 2.58. The number of anilines is 1. The first-order valence-corrected chi connectivity index (χ1v) is 7.42. The predicted molar refractivity (Wildman–Crippen MR) is 84.7 cm³/mol. The molecule has 0 saturated carbocycles. The smallest absolute Gasteiger partial charge is 0.255 e. The molecule has 1 aliphatic heterocycles. The van der Waals surface area contributed by atoms with E-state index in [-0.39, 0.29) is 5.91 Å². The normalized spacial score (nSPS) is 15.5. The van der Waals surface area contributed by atoms with Crippen LogP contribution in [0.15, 0.2) is 48.8 Å². The number of pyridine rings is 1. The van der Waals surface area contributed by atoms with Crippen LogP contribution in [-0.4, -0.2) is 42.1 Å². The minimum atomic E-state index is -0.122. The maximum absolute atomic E-state index is 12.1. The number of hydrogen-bond donors (Lipinski definition) is 1. The van der Waals surface area contributed by atoms with E-state index in [0.29, 0.717) is 5.56 Å². The fourth-order valence-corrected chi connectivity index (χ4v) is 2.42. The fourth-order valence-electron chi connectivity index (χ4n) is 2.42. The van der Waals surface area contributed by atoms with E-state index in [2.05, 4.69) is 27.3 Å². The van der Waals surface area contributed by atoms with E-state index in [1.165, 1.54) is 5.56 Å². The molecule has 0 radical (unpaired) electrons. The first-order valence-electron chi connectivity index (χ1n) is 7.42. The largest absolute Gasteiger partial charge is 0.379 e. The van der Waals surface area contributed by atoms with Crippen LogP contribution in [0.1, 0.15) is 15.9 Å². The molecule has 2 aromatic rings. The van der Waals surface area contributed by atoms with Crippen LogP contribution in [0.25, 0.3) is 0 Å². The predicted octanol–water partition coefficient (Wildman–Crippen LogP) is 2.17. The molecule has 1 aromatic heterocycles. The zero-order valence-electron chi connectivity index (χ0n) is 12.4. The van der Waals surface area contributed by atoms with Crippen molar-refractivity contribution in [1.29, 1.82) is 0 Å². The van der Waals surface area contributed by atoms with E-state index in [1.807, 2.05) is 12.1 Å². The summed E-state index contributed by atoms with van der Waals surface area (Å²) in [5, 5.41) is 2.89. The van der Waals surface area contributed by atoms with Crippen LogP contribution in [0, 0.1) is 0 Å². The number of benzene rings is 1. The van der Waals surface area contributed by atoms with Crippen LogP contribution in [0.2, 0.25) is 0 Å². The molecule has 2 heterocycles. The van der Waals surface area contributed by atoms with Crippen LogP contribution in [0.4, 0.5) is 5.69 Å². The molecule has 22 heavy (non-hydrogen) atoms. The van der Waals surface area contributed by atoms with Crippen molar-refractivity contribution in [3.63, 3.8) is 0 Å². The summed E-state index contributed by atoms with van der Waals surface area (Å²) in [6.07, 6.45) is 3.22. The van der Waals surface area contributed by atoms with E-state index >= 15 is 0 Å². The second-order valence-electron chi connectivity index (χ2n) is 5.28. The van der Waals surface area contributed by atoms with Gasteiger partial charge in [0.1, 0.15) is 0 Å². The Morgan fingerprint density at radius 2 is 1.77 bits per heavy atom. The topological polar surface area (TPSA) is 54.5 Å². The number of nitrogens with one attached hydrogen (secondary N) is 1. The van der Waals surface area contributed by atoms with Gasteiger partial charge in [0.2, 0.25) is 0 Å². The molecule has 1 amide bonds. The number of rotatable bonds is 4. The Hall–Kier alpha value is -2.24. The van der Waals surface area contributed by atoms with Gasteiger partial charge in [0.15, 0.2) is 0 Å². The minimum Gasteiger partial charge on any atom is -0.379 e. The van der Waals surface area contributed by atoms with Gasteiger partial charge < -0.3 is 10.1 Å². The molecule has 0 spiro atoms. The Bertz CT molecular complexity index is 608. The maximum atomic E-state index is 12.1. The van der Waals surface area contributed by atoms with Crippen molar-refractivity contribution >= 4 is 11.6 Å². The van der Waals surface area contributed by atoms with Gasteiger partial charge in [-0.15, -0.1) is 0 Å². The molecule has 1 aromatic carbocycles. The van der Waals surface area contributed by atoms with Crippen LogP contribution < -0.4 is 5.32 Å². The highest BCUT2D eigenvalue weighted by Crippen LogP contribution is 2.13. The van der Waals surface area contributed by atoms with Gasteiger partial charge in [0.05, 0.1) is 13.2 Å². The van der Waals surface area contributed by atoms with E-state index in [1.54, 1.807) is 24.5 Å². The van der Waals surface area contributed by atoms with Gasteiger partial charge in [-0.25, -0.2) is 0 Å². The van der Waals surface area contributed by atoms with Crippen molar-refractivity contribution in [2.75, 3.05) is 31.6 Å². The lowest BCUT2D eigenvalue weighted by atomic mass is 10.1. The van der Waals surface area contributed by atoms with Crippen molar-refractivity contribution < 1.29 is 9.53 Å². The molecule has 0 unspecified atom stereocenters. The Morgan fingerprint density at radius 3 is 2.45 bits per heavy atom. The molecular formula is C17H19N3O2. The van der Waals surface area contributed by atoms with Gasteiger partial charge in [-0.2, -0.15) is 0 Å². The third-order valence-corrected chi connectivity index (χ3v) is 3.66. The summed E-state index contributed by atoms with van der Waals surface area (Å²) in [6.45, 7) is 4.48. The zero-order valence-corrected chi connectivity index (χ0v) is 12.4. The molecule has 0 atom stereocenters. The van der Waals surface area contributed by atoms with E-state index in [0.717, 1.165) is 38.5 Å². The molecule has 5 nitrogen and oxygen atoms in total. The van der Waals surface area contributed by atoms with E-state index < -0.39 is 0 Å². The van der Waals surface area contributed by atoms with E-state index in [4.69, 9.17) is 4.74 Å². The molecular weight excluding hydrogens is 278 g/mol.